The molecule has 1 saturated heterocycles. The Morgan fingerprint density at radius 3 is 2.19 bits per heavy atom. The van der Waals surface area contributed by atoms with Crippen molar-refractivity contribution in [3.05, 3.63) is 71.8 Å². The van der Waals surface area contributed by atoms with E-state index in [0.717, 1.165) is 11.1 Å². The summed E-state index contributed by atoms with van der Waals surface area (Å²) in [4.78, 5) is 27.2. The average Bonchev–Trinajstić information content (AvgIpc) is 2.77. The standard InChI is InChI=1S/C25H32N2O5/c1-25(2,3)32-24(29)26-17-21(27(30)16-19-10-6-4-7-11-19)14-15-22(26)23(28)31-18-20-12-8-5-9-13-20/h4-13,21-22,30H,14-18H2,1-3H3/t21-,22+/m1/s1. The number of esters is 1. The van der Waals surface area contributed by atoms with Crippen molar-refractivity contribution < 1.29 is 24.3 Å². The minimum atomic E-state index is -0.755. The van der Waals surface area contributed by atoms with Crippen LogP contribution in [0.3, 0.4) is 0 Å². The fraction of sp³-hybridized carbons (Fsp3) is 0.440. The zero-order valence-electron chi connectivity index (χ0n) is 18.9. The van der Waals surface area contributed by atoms with Crippen molar-refractivity contribution in [1.29, 1.82) is 0 Å². The summed E-state index contributed by atoms with van der Waals surface area (Å²) in [6.07, 6.45) is 0.342. The lowest BCUT2D eigenvalue weighted by atomic mass is 9.98. The van der Waals surface area contributed by atoms with Crippen LogP contribution in [0.2, 0.25) is 0 Å². The Balaban J connectivity index is 1.69. The number of rotatable bonds is 6. The number of hydroxylamine groups is 2. The number of likely N-dealkylation sites (tertiary alicyclic amines) is 1. The normalized spacial score (nSPS) is 19.0. The number of hydrogen-bond acceptors (Lipinski definition) is 6. The molecule has 0 unspecified atom stereocenters. The number of benzene rings is 2. The SMILES string of the molecule is CC(C)(C)OC(=O)N1C[C@H](N(O)Cc2ccccc2)CC[C@H]1C(=O)OCc1ccccc1. The van der Waals surface area contributed by atoms with Gasteiger partial charge in [-0.15, -0.1) is 0 Å². The molecule has 0 aromatic heterocycles. The van der Waals surface area contributed by atoms with Gasteiger partial charge in [0, 0.05) is 13.1 Å². The van der Waals surface area contributed by atoms with E-state index in [9.17, 15) is 14.8 Å². The number of carbonyl (C=O) groups excluding carboxylic acids is 2. The summed E-state index contributed by atoms with van der Waals surface area (Å²) in [7, 11) is 0. The van der Waals surface area contributed by atoms with Gasteiger partial charge in [0.1, 0.15) is 18.2 Å². The fourth-order valence-corrected chi connectivity index (χ4v) is 3.69. The quantitative estimate of drug-likeness (QED) is 0.530. The van der Waals surface area contributed by atoms with Gasteiger partial charge < -0.3 is 14.7 Å². The number of hydrogen-bond donors (Lipinski definition) is 1. The van der Waals surface area contributed by atoms with Gasteiger partial charge in [-0.05, 0) is 44.7 Å². The van der Waals surface area contributed by atoms with Crippen LogP contribution in [0, 0.1) is 0 Å². The van der Waals surface area contributed by atoms with Gasteiger partial charge in [0.05, 0.1) is 6.04 Å². The molecule has 32 heavy (non-hydrogen) atoms. The van der Waals surface area contributed by atoms with Crippen LogP contribution in [0.5, 0.6) is 0 Å². The minimum Gasteiger partial charge on any atom is -0.459 e. The third-order valence-electron chi connectivity index (χ3n) is 5.29. The lowest BCUT2D eigenvalue weighted by Gasteiger charge is -2.40. The number of amides is 1. The fourth-order valence-electron chi connectivity index (χ4n) is 3.69. The monoisotopic (exact) mass is 440 g/mol. The molecule has 1 fully saturated rings. The van der Waals surface area contributed by atoms with E-state index in [1.807, 2.05) is 60.7 Å². The molecule has 7 heteroatoms. The molecular formula is C25H32N2O5. The van der Waals surface area contributed by atoms with Crippen molar-refractivity contribution in [3.8, 4) is 0 Å². The molecule has 0 spiro atoms. The molecule has 2 atom stereocenters. The van der Waals surface area contributed by atoms with Gasteiger partial charge in [0.2, 0.25) is 0 Å². The zero-order chi connectivity index (χ0) is 23.1. The van der Waals surface area contributed by atoms with Gasteiger partial charge in [0.25, 0.3) is 0 Å². The molecule has 0 radical (unpaired) electrons. The van der Waals surface area contributed by atoms with Gasteiger partial charge in [0.15, 0.2) is 0 Å². The highest BCUT2D eigenvalue weighted by atomic mass is 16.6. The predicted octanol–water partition coefficient (Wildman–Crippen LogP) is 4.39. The maximum absolute atomic E-state index is 12.9. The van der Waals surface area contributed by atoms with Crippen molar-refractivity contribution in [2.45, 2.75) is 64.4 Å². The van der Waals surface area contributed by atoms with Crippen LogP contribution >= 0.6 is 0 Å². The number of carbonyl (C=O) groups is 2. The summed E-state index contributed by atoms with van der Waals surface area (Å²) in [5.41, 5.74) is 1.14. The summed E-state index contributed by atoms with van der Waals surface area (Å²) < 4.78 is 11.1. The van der Waals surface area contributed by atoms with Crippen LogP contribution < -0.4 is 0 Å². The van der Waals surface area contributed by atoms with Gasteiger partial charge in [-0.2, -0.15) is 5.06 Å². The first-order valence-electron chi connectivity index (χ1n) is 10.9. The first-order valence-corrected chi connectivity index (χ1v) is 10.9. The van der Waals surface area contributed by atoms with Crippen molar-refractivity contribution >= 4 is 12.1 Å². The molecule has 0 saturated carbocycles. The molecule has 0 aliphatic carbocycles. The second-order valence-electron chi connectivity index (χ2n) is 9.06. The van der Waals surface area contributed by atoms with E-state index in [2.05, 4.69) is 0 Å². The molecule has 2 aromatic carbocycles. The van der Waals surface area contributed by atoms with E-state index in [-0.39, 0.29) is 19.2 Å². The summed E-state index contributed by atoms with van der Waals surface area (Å²) in [5.74, 6) is -0.467. The Kier molecular flexibility index (Phi) is 7.88. The van der Waals surface area contributed by atoms with E-state index in [1.54, 1.807) is 20.8 Å². The van der Waals surface area contributed by atoms with Crippen molar-refractivity contribution in [2.75, 3.05) is 6.54 Å². The molecule has 0 bridgehead atoms. The van der Waals surface area contributed by atoms with Crippen molar-refractivity contribution in [1.82, 2.24) is 9.96 Å². The smallest absolute Gasteiger partial charge is 0.411 e. The molecule has 2 aromatic rings. The van der Waals surface area contributed by atoms with Gasteiger partial charge in [-0.1, -0.05) is 60.7 Å². The Hall–Kier alpha value is -2.90. The zero-order valence-corrected chi connectivity index (χ0v) is 18.9. The third kappa shape index (κ3) is 6.80. The van der Waals surface area contributed by atoms with E-state index in [0.29, 0.717) is 19.4 Å². The maximum atomic E-state index is 12.9. The van der Waals surface area contributed by atoms with Gasteiger partial charge >= 0.3 is 12.1 Å². The Bertz CT molecular complexity index is 882. The van der Waals surface area contributed by atoms with Crippen LogP contribution in [-0.2, 0) is 27.4 Å². The minimum absolute atomic E-state index is 0.141. The molecule has 1 aliphatic heterocycles. The number of nitrogens with zero attached hydrogens (tertiary/aromatic N) is 2. The van der Waals surface area contributed by atoms with Gasteiger partial charge in [-0.3, -0.25) is 4.90 Å². The molecule has 1 heterocycles. The van der Waals surface area contributed by atoms with Crippen molar-refractivity contribution in [3.63, 3.8) is 0 Å². The summed E-state index contributed by atoms with van der Waals surface area (Å²) in [5, 5.41) is 11.9. The maximum Gasteiger partial charge on any atom is 0.411 e. The third-order valence-corrected chi connectivity index (χ3v) is 5.29. The number of piperidine rings is 1. The summed E-state index contributed by atoms with van der Waals surface area (Å²) >= 11 is 0. The molecular weight excluding hydrogens is 408 g/mol. The van der Waals surface area contributed by atoms with Crippen molar-refractivity contribution in [2.24, 2.45) is 0 Å². The first-order chi connectivity index (χ1) is 15.2. The first kappa shape index (κ1) is 23.8. The topological polar surface area (TPSA) is 79.3 Å². The second-order valence-corrected chi connectivity index (χ2v) is 9.06. The van der Waals surface area contributed by atoms with Crippen LogP contribution in [0.1, 0.15) is 44.7 Å². The van der Waals surface area contributed by atoms with Crippen LogP contribution in [0.4, 0.5) is 4.79 Å². The number of ether oxygens (including phenoxy) is 2. The van der Waals surface area contributed by atoms with Crippen LogP contribution in [0.25, 0.3) is 0 Å². The highest BCUT2D eigenvalue weighted by Crippen LogP contribution is 2.25. The lowest BCUT2D eigenvalue weighted by molar-refractivity contribution is -0.166. The van der Waals surface area contributed by atoms with Crippen LogP contribution in [-0.4, -0.2) is 51.5 Å². The predicted molar refractivity (Wildman–Crippen MR) is 120 cm³/mol. The van der Waals surface area contributed by atoms with E-state index < -0.39 is 23.7 Å². The average molecular weight is 441 g/mol. The van der Waals surface area contributed by atoms with E-state index >= 15 is 0 Å². The lowest BCUT2D eigenvalue weighted by Crippen LogP contribution is -2.56. The summed E-state index contributed by atoms with van der Waals surface area (Å²) in [6, 6.07) is 17.9. The molecule has 7 nitrogen and oxygen atoms in total. The highest BCUT2D eigenvalue weighted by Gasteiger charge is 2.40. The Morgan fingerprint density at radius 1 is 1.00 bits per heavy atom. The van der Waals surface area contributed by atoms with Gasteiger partial charge in [-0.25, -0.2) is 9.59 Å². The van der Waals surface area contributed by atoms with E-state index in [4.69, 9.17) is 9.47 Å². The molecule has 172 valence electrons. The van der Waals surface area contributed by atoms with Crippen LogP contribution in [0.15, 0.2) is 60.7 Å². The van der Waals surface area contributed by atoms with E-state index in [1.165, 1.54) is 9.96 Å². The molecule has 1 aliphatic rings. The Morgan fingerprint density at radius 2 is 1.59 bits per heavy atom. The second kappa shape index (κ2) is 10.6. The molecule has 1 amide bonds. The Labute approximate surface area is 189 Å². The molecule has 1 N–H and O–H groups in total. The summed E-state index contributed by atoms with van der Waals surface area (Å²) in [6.45, 7) is 5.98. The highest BCUT2D eigenvalue weighted by molar-refractivity contribution is 5.82. The largest absolute Gasteiger partial charge is 0.459 e. The molecule has 3 rings (SSSR count).